The lowest BCUT2D eigenvalue weighted by atomic mass is 10.4. The minimum Gasteiger partial charge on any atom is -0.400 e. The lowest BCUT2D eigenvalue weighted by Gasteiger charge is -2.11. The molecule has 64 valence electrons. The van der Waals surface area contributed by atoms with Gasteiger partial charge in [0.25, 0.3) is 0 Å². The molecule has 0 aliphatic heterocycles. The Labute approximate surface area is 67.5 Å². The van der Waals surface area contributed by atoms with Gasteiger partial charge in [-0.05, 0) is 7.05 Å². The maximum atomic E-state index is 5.56. The van der Waals surface area contributed by atoms with Gasteiger partial charge in [-0.3, -0.25) is 0 Å². The van der Waals surface area contributed by atoms with Gasteiger partial charge in [-0.15, -0.1) is 6.58 Å². The number of nitrogens with two attached hydrogens (primary N) is 2. The molecule has 0 bridgehead atoms. The van der Waals surface area contributed by atoms with Crippen molar-refractivity contribution >= 4 is 0 Å². The number of likely N-dealkylation sites (N-methyl/N-ethyl adjacent to an activating group) is 1. The quantitative estimate of drug-likeness (QED) is 0.281. The van der Waals surface area contributed by atoms with E-state index in [2.05, 4.69) is 11.9 Å². The first-order valence-corrected chi connectivity index (χ1v) is 3.43. The van der Waals surface area contributed by atoms with E-state index in [4.69, 9.17) is 11.6 Å². The van der Waals surface area contributed by atoms with Gasteiger partial charge in [0.15, 0.2) is 0 Å². The third-order valence-electron chi connectivity index (χ3n) is 1.05. The molecule has 4 nitrogen and oxygen atoms in total. The Bertz CT molecular complexity index is 141. The number of hydrogen-bond acceptors (Lipinski definition) is 4. The molecule has 11 heavy (non-hydrogen) atoms. The monoisotopic (exact) mass is 156 g/mol. The van der Waals surface area contributed by atoms with Crippen molar-refractivity contribution in [3.63, 3.8) is 0 Å². The first kappa shape index (κ1) is 10.0. The molecule has 0 saturated heterocycles. The van der Waals surface area contributed by atoms with Gasteiger partial charge in [-0.2, -0.15) is 0 Å². The Hall–Kier alpha value is -1.00. The van der Waals surface area contributed by atoms with Crippen molar-refractivity contribution in [3.05, 3.63) is 24.6 Å². The van der Waals surface area contributed by atoms with Crippen LogP contribution < -0.4 is 16.9 Å². The van der Waals surface area contributed by atoms with Crippen LogP contribution in [0.3, 0.4) is 0 Å². The second-order valence-electron chi connectivity index (χ2n) is 2.22. The molecule has 0 aromatic rings. The SMILES string of the molecule is C=CCN(N)/C=C(\N)CNC. The zero-order valence-corrected chi connectivity index (χ0v) is 6.88. The van der Waals surface area contributed by atoms with Crippen molar-refractivity contribution in [2.45, 2.75) is 0 Å². The number of hydrogen-bond donors (Lipinski definition) is 3. The fourth-order valence-corrected chi connectivity index (χ4v) is 0.665. The van der Waals surface area contributed by atoms with E-state index in [1.54, 1.807) is 12.3 Å². The molecule has 0 heterocycles. The summed E-state index contributed by atoms with van der Waals surface area (Å²) in [6.45, 7) is 4.79. The van der Waals surface area contributed by atoms with Crippen molar-refractivity contribution in [1.82, 2.24) is 10.3 Å². The second-order valence-corrected chi connectivity index (χ2v) is 2.22. The van der Waals surface area contributed by atoms with Crippen LogP contribution >= 0.6 is 0 Å². The van der Waals surface area contributed by atoms with Crippen LogP contribution in [0.2, 0.25) is 0 Å². The van der Waals surface area contributed by atoms with Crippen LogP contribution in [-0.2, 0) is 0 Å². The highest BCUT2D eigenvalue weighted by Crippen LogP contribution is 1.84. The Kier molecular flexibility index (Phi) is 5.24. The predicted octanol–water partition coefficient (Wildman–Crippen LogP) is -0.632. The minimum atomic E-state index is 0.602. The largest absolute Gasteiger partial charge is 0.400 e. The molecule has 0 radical (unpaired) electrons. The number of nitrogens with one attached hydrogen (secondary N) is 1. The molecule has 0 atom stereocenters. The van der Waals surface area contributed by atoms with Crippen molar-refractivity contribution < 1.29 is 0 Å². The normalized spacial score (nSPS) is 11.3. The summed E-state index contributed by atoms with van der Waals surface area (Å²) in [6, 6.07) is 0. The van der Waals surface area contributed by atoms with Crippen LogP contribution in [0.1, 0.15) is 0 Å². The van der Waals surface area contributed by atoms with Crippen LogP contribution in [-0.4, -0.2) is 25.1 Å². The molecule has 0 rings (SSSR count). The Morgan fingerprint density at radius 1 is 1.73 bits per heavy atom. The van der Waals surface area contributed by atoms with Crippen molar-refractivity contribution in [2.24, 2.45) is 11.6 Å². The lowest BCUT2D eigenvalue weighted by molar-refractivity contribution is 0.433. The zero-order chi connectivity index (χ0) is 8.69. The summed E-state index contributed by atoms with van der Waals surface area (Å²) in [7, 11) is 1.83. The summed E-state index contributed by atoms with van der Waals surface area (Å²) in [6.07, 6.45) is 3.39. The lowest BCUT2D eigenvalue weighted by Crippen LogP contribution is -2.28. The Morgan fingerprint density at radius 3 is 2.82 bits per heavy atom. The molecule has 0 aromatic heterocycles. The van der Waals surface area contributed by atoms with Crippen LogP contribution in [0.15, 0.2) is 24.6 Å². The van der Waals surface area contributed by atoms with Crippen molar-refractivity contribution in [3.8, 4) is 0 Å². The van der Waals surface area contributed by atoms with E-state index in [1.165, 1.54) is 5.01 Å². The fraction of sp³-hybridized carbons (Fsp3) is 0.429. The third-order valence-corrected chi connectivity index (χ3v) is 1.05. The van der Waals surface area contributed by atoms with Gasteiger partial charge < -0.3 is 16.1 Å². The van der Waals surface area contributed by atoms with Gasteiger partial charge in [0.05, 0.1) is 6.54 Å². The van der Waals surface area contributed by atoms with Crippen LogP contribution in [0.5, 0.6) is 0 Å². The molecule has 0 saturated carbocycles. The van der Waals surface area contributed by atoms with Crippen molar-refractivity contribution in [2.75, 3.05) is 20.1 Å². The standard InChI is InChI=1S/C7H16N4/c1-3-4-11(9)6-7(8)5-10-2/h3,6,10H,1,4-5,8-9H2,2H3/b7-6-. The van der Waals surface area contributed by atoms with Gasteiger partial charge in [0.2, 0.25) is 0 Å². The number of rotatable bonds is 5. The third kappa shape index (κ3) is 5.44. The minimum absolute atomic E-state index is 0.602. The number of nitrogens with zero attached hydrogens (tertiary/aromatic N) is 1. The van der Waals surface area contributed by atoms with Gasteiger partial charge in [-0.25, -0.2) is 5.84 Å². The summed E-state index contributed by atoms with van der Waals surface area (Å²) in [5.74, 6) is 5.49. The maximum absolute atomic E-state index is 5.56. The molecule has 0 aliphatic carbocycles. The summed E-state index contributed by atoms with van der Waals surface area (Å²) < 4.78 is 0. The number of hydrazine groups is 1. The molecule has 0 aromatic carbocycles. The highest BCUT2D eigenvalue weighted by molar-refractivity contribution is 4.97. The summed E-state index contributed by atoms with van der Waals surface area (Å²) >= 11 is 0. The van der Waals surface area contributed by atoms with E-state index < -0.39 is 0 Å². The van der Waals surface area contributed by atoms with Crippen LogP contribution in [0.25, 0.3) is 0 Å². The van der Waals surface area contributed by atoms with Gasteiger partial charge >= 0.3 is 0 Å². The molecular weight excluding hydrogens is 140 g/mol. The average molecular weight is 156 g/mol. The Morgan fingerprint density at radius 2 is 2.36 bits per heavy atom. The van der Waals surface area contributed by atoms with Crippen molar-refractivity contribution in [1.29, 1.82) is 0 Å². The second kappa shape index (κ2) is 5.76. The summed E-state index contributed by atoms with van der Waals surface area (Å²) in [5, 5.41) is 4.40. The molecule has 0 unspecified atom stereocenters. The first-order chi connectivity index (χ1) is 5.20. The van der Waals surface area contributed by atoms with E-state index in [-0.39, 0.29) is 0 Å². The predicted molar refractivity (Wildman–Crippen MR) is 47.3 cm³/mol. The summed E-state index contributed by atoms with van der Waals surface area (Å²) in [4.78, 5) is 0. The van der Waals surface area contributed by atoms with E-state index in [1.807, 2.05) is 7.05 Å². The fourth-order valence-electron chi connectivity index (χ4n) is 0.665. The molecule has 0 spiro atoms. The molecule has 4 heteroatoms. The zero-order valence-electron chi connectivity index (χ0n) is 6.88. The van der Waals surface area contributed by atoms with Gasteiger partial charge in [-0.1, -0.05) is 6.08 Å². The molecule has 0 fully saturated rings. The molecule has 0 amide bonds. The van der Waals surface area contributed by atoms with E-state index in [0.717, 1.165) is 0 Å². The average Bonchev–Trinajstić information content (AvgIpc) is 1.87. The molecule has 0 aliphatic rings. The van der Waals surface area contributed by atoms with Crippen LogP contribution in [0, 0.1) is 0 Å². The first-order valence-electron chi connectivity index (χ1n) is 3.43. The van der Waals surface area contributed by atoms with Gasteiger partial charge in [0.1, 0.15) is 0 Å². The highest BCUT2D eigenvalue weighted by Gasteiger charge is 1.90. The van der Waals surface area contributed by atoms with Crippen LogP contribution in [0.4, 0.5) is 0 Å². The molecule has 5 N–H and O–H groups in total. The smallest absolute Gasteiger partial charge is 0.0514 e. The molecular formula is C7H16N4. The van der Waals surface area contributed by atoms with E-state index in [0.29, 0.717) is 18.8 Å². The van der Waals surface area contributed by atoms with E-state index in [9.17, 15) is 0 Å². The Balaban J connectivity index is 3.75. The topological polar surface area (TPSA) is 67.3 Å². The highest BCUT2D eigenvalue weighted by atomic mass is 15.4. The maximum Gasteiger partial charge on any atom is 0.0514 e. The summed E-state index contributed by atoms with van der Waals surface area (Å²) in [5.41, 5.74) is 6.26. The van der Waals surface area contributed by atoms with E-state index >= 15 is 0 Å². The van der Waals surface area contributed by atoms with Gasteiger partial charge in [0, 0.05) is 18.4 Å².